The number of likely N-dealkylation sites (N-methyl/N-ethyl adjacent to an activating group) is 1. The predicted molar refractivity (Wildman–Crippen MR) is 104 cm³/mol. The van der Waals surface area contributed by atoms with Gasteiger partial charge in [0.2, 0.25) is 5.91 Å². The Balaban J connectivity index is 1.34. The maximum absolute atomic E-state index is 12.5. The van der Waals surface area contributed by atoms with Crippen LogP contribution in [0.15, 0.2) is 0 Å². The molecule has 3 fully saturated rings. The molecule has 1 saturated carbocycles. The summed E-state index contributed by atoms with van der Waals surface area (Å²) in [5, 5.41) is 0. The lowest BCUT2D eigenvalue weighted by Gasteiger charge is -2.41. The van der Waals surface area contributed by atoms with Gasteiger partial charge in [0.1, 0.15) is 0 Å². The van der Waals surface area contributed by atoms with E-state index >= 15 is 0 Å². The van der Waals surface area contributed by atoms with Crippen molar-refractivity contribution < 1.29 is 4.79 Å². The Morgan fingerprint density at radius 2 is 1.64 bits per heavy atom. The van der Waals surface area contributed by atoms with E-state index in [0.29, 0.717) is 11.9 Å². The molecule has 4 heteroatoms. The molecule has 0 aromatic carbocycles. The molecule has 0 bridgehead atoms. The number of piperazine rings is 1. The Morgan fingerprint density at radius 1 is 0.920 bits per heavy atom. The summed E-state index contributed by atoms with van der Waals surface area (Å²) in [4.78, 5) is 19.8. The third-order valence-electron chi connectivity index (χ3n) is 6.92. The van der Waals surface area contributed by atoms with E-state index in [4.69, 9.17) is 0 Å². The van der Waals surface area contributed by atoms with Crippen molar-refractivity contribution in [3.63, 3.8) is 0 Å². The van der Waals surface area contributed by atoms with Crippen LogP contribution in [0.3, 0.4) is 0 Å². The van der Waals surface area contributed by atoms with Gasteiger partial charge < -0.3 is 9.80 Å². The predicted octanol–water partition coefficient (Wildman–Crippen LogP) is 3.22. The topological polar surface area (TPSA) is 26.8 Å². The first-order valence-electron chi connectivity index (χ1n) is 10.8. The van der Waals surface area contributed by atoms with Gasteiger partial charge in [-0.3, -0.25) is 9.69 Å². The van der Waals surface area contributed by atoms with Crippen molar-refractivity contribution in [2.45, 2.75) is 70.8 Å². The SMILES string of the molecule is C[C@@H]1CN(C)CCN1CC1CCN(C(=O)CCC2CCCCC2)CC1. The summed E-state index contributed by atoms with van der Waals surface area (Å²) in [5.41, 5.74) is 0. The molecule has 0 unspecified atom stereocenters. The minimum Gasteiger partial charge on any atom is -0.343 e. The van der Waals surface area contributed by atoms with Crippen LogP contribution in [0.2, 0.25) is 0 Å². The summed E-state index contributed by atoms with van der Waals surface area (Å²) < 4.78 is 0. The van der Waals surface area contributed by atoms with Crippen LogP contribution in [0.1, 0.15) is 64.7 Å². The van der Waals surface area contributed by atoms with E-state index < -0.39 is 0 Å². The molecule has 0 N–H and O–H groups in total. The standard InChI is InChI=1S/C21H39N3O/c1-18-16-22(2)14-15-24(18)17-20-10-12-23(13-11-20)21(25)9-8-19-6-4-3-5-7-19/h18-20H,3-17H2,1-2H3/t18-/m1/s1. The zero-order valence-electron chi connectivity index (χ0n) is 16.6. The fourth-order valence-electron chi connectivity index (χ4n) is 5.11. The van der Waals surface area contributed by atoms with Crippen molar-refractivity contribution in [2.24, 2.45) is 11.8 Å². The third-order valence-corrected chi connectivity index (χ3v) is 6.92. The summed E-state index contributed by atoms with van der Waals surface area (Å²) in [7, 11) is 2.23. The van der Waals surface area contributed by atoms with Gasteiger partial charge in [0.05, 0.1) is 0 Å². The van der Waals surface area contributed by atoms with E-state index in [1.807, 2.05) is 0 Å². The van der Waals surface area contributed by atoms with Crippen LogP contribution in [0.4, 0.5) is 0 Å². The first-order chi connectivity index (χ1) is 12.1. The lowest BCUT2D eigenvalue weighted by Crippen LogP contribution is -2.52. The van der Waals surface area contributed by atoms with Gasteiger partial charge in [0, 0.05) is 51.7 Å². The van der Waals surface area contributed by atoms with Crippen LogP contribution < -0.4 is 0 Å². The first kappa shape index (κ1) is 19.2. The molecule has 1 amide bonds. The molecule has 0 aromatic heterocycles. The van der Waals surface area contributed by atoms with Gasteiger partial charge in [-0.05, 0) is 45.1 Å². The number of piperidine rings is 1. The molecule has 2 heterocycles. The van der Waals surface area contributed by atoms with Crippen LogP contribution in [0.25, 0.3) is 0 Å². The number of rotatable bonds is 5. The van der Waals surface area contributed by atoms with E-state index in [1.165, 1.54) is 71.1 Å². The van der Waals surface area contributed by atoms with E-state index in [1.54, 1.807) is 0 Å². The Labute approximate surface area is 154 Å². The molecular formula is C21H39N3O. The number of carbonyl (C=O) groups is 1. The molecule has 4 nitrogen and oxygen atoms in total. The maximum atomic E-state index is 12.5. The number of hydrogen-bond acceptors (Lipinski definition) is 3. The Hall–Kier alpha value is -0.610. The number of carbonyl (C=O) groups excluding carboxylic acids is 1. The normalized spacial score (nSPS) is 28.4. The van der Waals surface area contributed by atoms with Gasteiger partial charge in [-0.2, -0.15) is 0 Å². The lowest BCUT2D eigenvalue weighted by molar-refractivity contribution is -0.133. The molecule has 3 rings (SSSR count). The summed E-state index contributed by atoms with van der Waals surface area (Å²) in [6.07, 6.45) is 11.2. The van der Waals surface area contributed by atoms with Crippen LogP contribution in [0, 0.1) is 11.8 Å². The van der Waals surface area contributed by atoms with E-state index in [9.17, 15) is 4.79 Å². The highest BCUT2D eigenvalue weighted by Crippen LogP contribution is 2.28. The quantitative estimate of drug-likeness (QED) is 0.762. The highest BCUT2D eigenvalue weighted by atomic mass is 16.2. The molecule has 0 aromatic rings. The molecule has 0 radical (unpaired) electrons. The monoisotopic (exact) mass is 349 g/mol. The number of hydrogen-bond donors (Lipinski definition) is 0. The molecular weight excluding hydrogens is 310 g/mol. The summed E-state index contributed by atoms with van der Waals surface area (Å²) in [6, 6.07) is 0.675. The molecule has 1 atom stereocenters. The van der Waals surface area contributed by atoms with Crippen molar-refractivity contribution in [2.75, 3.05) is 46.3 Å². The van der Waals surface area contributed by atoms with E-state index in [2.05, 4.69) is 28.7 Å². The largest absolute Gasteiger partial charge is 0.343 e. The van der Waals surface area contributed by atoms with Gasteiger partial charge in [-0.1, -0.05) is 32.1 Å². The molecule has 0 spiro atoms. The second-order valence-electron chi connectivity index (χ2n) is 8.97. The summed E-state index contributed by atoms with van der Waals surface area (Å²) >= 11 is 0. The van der Waals surface area contributed by atoms with Crippen molar-refractivity contribution >= 4 is 5.91 Å². The second kappa shape index (κ2) is 9.36. The van der Waals surface area contributed by atoms with Crippen molar-refractivity contribution in [1.29, 1.82) is 0 Å². The third kappa shape index (κ3) is 5.68. The van der Waals surface area contributed by atoms with Gasteiger partial charge in [0.15, 0.2) is 0 Å². The van der Waals surface area contributed by atoms with Crippen molar-refractivity contribution in [1.82, 2.24) is 14.7 Å². The average Bonchev–Trinajstić information content (AvgIpc) is 2.63. The molecule has 2 aliphatic heterocycles. The summed E-state index contributed by atoms with van der Waals surface area (Å²) in [6.45, 7) is 9.19. The zero-order chi connectivity index (χ0) is 17.6. The number of amides is 1. The Kier molecular flexibility index (Phi) is 7.18. The molecule has 25 heavy (non-hydrogen) atoms. The highest BCUT2D eigenvalue weighted by molar-refractivity contribution is 5.76. The van der Waals surface area contributed by atoms with Crippen LogP contribution in [0.5, 0.6) is 0 Å². The van der Waals surface area contributed by atoms with Gasteiger partial charge in [0.25, 0.3) is 0 Å². The van der Waals surface area contributed by atoms with E-state index in [0.717, 1.165) is 37.8 Å². The fraction of sp³-hybridized carbons (Fsp3) is 0.952. The van der Waals surface area contributed by atoms with Gasteiger partial charge in [-0.25, -0.2) is 0 Å². The smallest absolute Gasteiger partial charge is 0.222 e. The Bertz CT molecular complexity index is 413. The van der Waals surface area contributed by atoms with Crippen molar-refractivity contribution in [3.8, 4) is 0 Å². The van der Waals surface area contributed by atoms with Gasteiger partial charge in [-0.15, -0.1) is 0 Å². The minimum absolute atomic E-state index is 0.428. The van der Waals surface area contributed by atoms with Crippen LogP contribution in [-0.4, -0.2) is 73.0 Å². The maximum Gasteiger partial charge on any atom is 0.222 e. The summed E-state index contributed by atoms with van der Waals surface area (Å²) in [5.74, 6) is 2.04. The fourth-order valence-corrected chi connectivity index (χ4v) is 5.11. The minimum atomic E-state index is 0.428. The first-order valence-corrected chi connectivity index (χ1v) is 10.8. The lowest BCUT2D eigenvalue weighted by atomic mass is 9.86. The van der Waals surface area contributed by atoms with Crippen molar-refractivity contribution in [3.05, 3.63) is 0 Å². The van der Waals surface area contributed by atoms with E-state index in [-0.39, 0.29) is 0 Å². The number of nitrogens with zero attached hydrogens (tertiary/aromatic N) is 3. The number of likely N-dealkylation sites (tertiary alicyclic amines) is 1. The van der Waals surface area contributed by atoms with Gasteiger partial charge >= 0.3 is 0 Å². The molecule has 2 saturated heterocycles. The van der Waals surface area contributed by atoms with Crippen LogP contribution in [-0.2, 0) is 4.79 Å². The molecule has 1 aliphatic carbocycles. The second-order valence-corrected chi connectivity index (χ2v) is 8.97. The van der Waals surface area contributed by atoms with Crippen LogP contribution >= 0.6 is 0 Å². The zero-order valence-corrected chi connectivity index (χ0v) is 16.6. The average molecular weight is 350 g/mol. The Morgan fingerprint density at radius 3 is 2.32 bits per heavy atom. The molecule has 144 valence electrons. The molecule has 3 aliphatic rings. The highest BCUT2D eigenvalue weighted by Gasteiger charge is 2.28.